The van der Waals surface area contributed by atoms with Gasteiger partial charge in [-0.3, -0.25) is 14.5 Å². The summed E-state index contributed by atoms with van der Waals surface area (Å²) in [5, 5.41) is 3.32. The van der Waals surface area contributed by atoms with Gasteiger partial charge in [0.25, 0.3) is 11.8 Å². The molecule has 0 spiro atoms. The highest BCUT2D eigenvalue weighted by molar-refractivity contribution is 6.21. The molecule has 1 heterocycles. The smallest absolute Gasteiger partial charge is 0.261 e. The third kappa shape index (κ3) is 3.01. The molecular weight excluding hydrogens is 240 g/mol. The molecule has 19 heavy (non-hydrogen) atoms. The molecule has 1 N–H and O–H groups in total. The topological polar surface area (TPSA) is 49.4 Å². The van der Waals surface area contributed by atoms with Gasteiger partial charge < -0.3 is 5.32 Å². The Morgan fingerprint density at radius 1 is 1.05 bits per heavy atom. The summed E-state index contributed by atoms with van der Waals surface area (Å²) in [6.45, 7) is 5.63. The Morgan fingerprint density at radius 3 is 2.16 bits per heavy atom. The van der Waals surface area contributed by atoms with Gasteiger partial charge in [-0.2, -0.15) is 0 Å². The van der Waals surface area contributed by atoms with Crippen LogP contribution in [0.25, 0.3) is 0 Å². The van der Waals surface area contributed by atoms with Crippen LogP contribution in [0.3, 0.4) is 0 Å². The van der Waals surface area contributed by atoms with E-state index in [4.69, 9.17) is 0 Å². The zero-order valence-corrected chi connectivity index (χ0v) is 11.5. The normalized spacial score (nSPS) is 14.4. The molecule has 1 aliphatic rings. The molecule has 0 atom stereocenters. The lowest BCUT2D eigenvalue weighted by Crippen LogP contribution is -2.31. The monoisotopic (exact) mass is 260 g/mol. The molecule has 0 unspecified atom stereocenters. The second-order valence-corrected chi connectivity index (χ2v) is 5.12. The molecule has 0 fully saturated rings. The summed E-state index contributed by atoms with van der Waals surface area (Å²) in [5.41, 5.74) is 1.07. The van der Waals surface area contributed by atoms with Crippen LogP contribution in [-0.2, 0) is 0 Å². The molecule has 0 aliphatic carbocycles. The van der Waals surface area contributed by atoms with Gasteiger partial charge in [-0.05, 0) is 31.5 Å². The van der Waals surface area contributed by atoms with Crippen LogP contribution in [0.1, 0.15) is 47.4 Å². The number of carbonyl (C=O) groups excluding carboxylic acids is 2. The number of hydrogen-bond donors (Lipinski definition) is 1. The van der Waals surface area contributed by atoms with E-state index in [9.17, 15) is 9.59 Å². The van der Waals surface area contributed by atoms with Gasteiger partial charge in [0.05, 0.1) is 11.1 Å². The number of unbranched alkanes of at least 4 members (excludes halogenated alkanes) is 1. The second-order valence-electron chi connectivity index (χ2n) is 5.12. The van der Waals surface area contributed by atoms with E-state index in [0.29, 0.717) is 23.7 Å². The largest absolute Gasteiger partial charge is 0.315 e. The fourth-order valence-corrected chi connectivity index (χ4v) is 2.23. The van der Waals surface area contributed by atoms with Crippen molar-refractivity contribution in [2.24, 2.45) is 0 Å². The Labute approximate surface area is 113 Å². The molecule has 0 radical (unpaired) electrons. The van der Waals surface area contributed by atoms with Gasteiger partial charge in [0.2, 0.25) is 0 Å². The van der Waals surface area contributed by atoms with E-state index in [-0.39, 0.29) is 11.8 Å². The molecule has 1 aliphatic heterocycles. The van der Waals surface area contributed by atoms with Gasteiger partial charge >= 0.3 is 0 Å². The molecule has 0 saturated heterocycles. The highest BCUT2D eigenvalue weighted by Crippen LogP contribution is 2.22. The van der Waals surface area contributed by atoms with Crippen LogP contribution in [0.15, 0.2) is 24.3 Å². The number of imide groups is 1. The van der Waals surface area contributed by atoms with Crippen LogP contribution >= 0.6 is 0 Å². The second kappa shape index (κ2) is 5.97. The van der Waals surface area contributed by atoms with Crippen LogP contribution in [0.4, 0.5) is 0 Å². The van der Waals surface area contributed by atoms with Crippen LogP contribution in [0.5, 0.6) is 0 Å². The Kier molecular flexibility index (Phi) is 4.32. The fraction of sp³-hybridized carbons (Fsp3) is 0.467. The maximum atomic E-state index is 12.1. The van der Waals surface area contributed by atoms with E-state index in [1.54, 1.807) is 24.3 Å². The average Bonchev–Trinajstić information content (AvgIpc) is 2.63. The Morgan fingerprint density at radius 2 is 1.63 bits per heavy atom. The quantitative estimate of drug-likeness (QED) is 0.629. The zero-order valence-electron chi connectivity index (χ0n) is 11.5. The van der Waals surface area contributed by atoms with Crippen molar-refractivity contribution in [1.82, 2.24) is 10.2 Å². The van der Waals surface area contributed by atoms with Gasteiger partial charge in [0.1, 0.15) is 0 Å². The highest BCUT2D eigenvalue weighted by Gasteiger charge is 2.34. The van der Waals surface area contributed by atoms with Gasteiger partial charge in [0, 0.05) is 12.6 Å². The zero-order chi connectivity index (χ0) is 13.8. The van der Waals surface area contributed by atoms with Crippen molar-refractivity contribution in [2.75, 3.05) is 13.1 Å². The minimum absolute atomic E-state index is 0.155. The standard InChI is InChI=1S/C15H20N2O2/c1-11(2)16-9-5-6-10-17-14(18)12-7-3-4-8-13(12)15(17)19/h3-4,7-8,11,16H,5-6,9-10H2,1-2H3. The summed E-state index contributed by atoms with van der Waals surface area (Å²) in [6, 6.07) is 7.49. The first-order valence-corrected chi connectivity index (χ1v) is 6.80. The van der Waals surface area contributed by atoms with Gasteiger partial charge in [-0.1, -0.05) is 26.0 Å². The SMILES string of the molecule is CC(C)NCCCCN1C(=O)c2ccccc2C1=O. The summed E-state index contributed by atoms with van der Waals surface area (Å²) in [7, 11) is 0. The first-order chi connectivity index (χ1) is 9.11. The Bertz CT molecular complexity index is 448. The summed E-state index contributed by atoms with van der Waals surface area (Å²) in [5.74, 6) is -0.310. The van der Waals surface area contributed by atoms with E-state index < -0.39 is 0 Å². The van der Waals surface area contributed by atoms with Crippen molar-refractivity contribution in [3.8, 4) is 0 Å². The minimum atomic E-state index is -0.155. The van der Waals surface area contributed by atoms with Crippen LogP contribution < -0.4 is 5.32 Å². The lowest BCUT2D eigenvalue weighted by Gasteiger charge is -2.14. The van der Waals surface area contributed by atoms with Crippen molar-refractivity contribution in [3.63, 3.8) is 0 Å². The van der Waals surface area contributed by atoms with Gasteiger partial charge in [-0.25, -0.2) is 0 Å². The molecule has 4 heteroatoms. The number of carbonyl (C=O) groups is 2. The van der Waals surface area contributed by atoms with Crippen molar-refractivity contribution in [2.45, 2.75) is 32.7 Å². The average molecular weight is 260 g/mol. The lowest BCUT2D eigenvalue weighted by atomic mass is 10.1. The first-order valence-electron chi connectivity index (χ1n) is 6.80. The molecule has 102 valence electrons. The maximum Gasteiger partial charge on any atom is 0.261 e. The molecule has 1 aromatic rings. The number of fused-ring (bicyclic) bond motifs is 1. The van der Waals surface area contributed by atoms with Crippen molar-refractivity contribution in [1.29, 1.82) is 0 Å². The summed E-state index contributed by atoms with van der Waals surface area (Å²) < 4.78 is 0. The summed E-state index contributed by atoms with van der Waals surface area (Å²) >= 11 is 0. The minimum Gasteiger partial charge on any atom is -0.315 e. The van der Waals surface area contributed by atoms with E-state index in [2.05, 4.69) is 19.2 Å². The van der Waals surface area contributed by atoms with E-state index >= 15 is 0 Å². The van der Waals surface area contributed by atoms with Crippen LogP contribution in [0.2, 0.25) is 0 Å². The van der Waals surface area contributed by atoms with Crippen molar-refractivity contribution < 1.29 is 9.59 Å². The van der Waals surface area contributed by atoms with Gasteiger partial charge in [-0.15, -0.1) is 0 Å². The van der Waals surface area contributed by atoms with E-state index in [0.717, 1.165) is 19.4 Å². The van der Waals surface area contributed by atoms with Gasteiger partial charge in [0.15, 0.2) is 0 Å². The predicted molar refractivity (Wildman–Crippen MR) is 74.2 cm³/mol. The van der Waals surface area contributed by atoms with Crippen LogP contribution in [0, 0.1) is 0 Å². The lowest BCUT2D eigenvalue weighted by molar-refractivity contribution is 0.0651. The van der Waals surface area contributed by atoms with Crippen molar-refractivity contribution in [3.05, 3.63) is 35.4 Å². The maximum absolute atomic E-state index is 12.1. The summed E-state index contributed by atoms with van der Waals surface area (Å²) in [6.07, 6.45) is 1.80. The van der Waals surface area contributed by atoms with Crippen molar-refractivity contribution >= 4 is 11.8 Å². The molecule has 2 amide bonds. The highest BCUT2D eigenvalue weighted by atomic mass is 16.2. The molecule has 0 aromatic heterocycles. The number of amides is 2. The Hall–Kier alpha value is -1.68. The molecule has 2 rings (SSSR count). The molecule has 0 saturated carbocycles. The molecule has 4 nitrogen and oxygen atoms in total. The van der Waals surface area contributed by atoms with E-state index in [1.165, 1.54) is 4.90 Å². The number of nitrogens with one attached hydrogen (secondary N) is 1. The Balaban J connectivity index is 1.87. The molecule has 1 aromatic carbocycles. The first kappa shape index (κ1) is 13.7. The fourth-order valence-electron chi connectivity index (χ4n) is 2.23. The summed E-state index contributed by atoms with van der Waals surface area (Å²) in [4.78, 5) is 25.5. The third-order valence-corrected chi connectivity index (χ3v) is 3.24. The molecular formula is C15H20N2O2. The van der Waals surface area contributed by atoms with E-state index in [1.807, 2.05) is 0 Å². The third-order valence-electron chi connectivity index (χ3n) is 3.24. The predicted octanol–water partition coefficient (Wildman–Crippen LogP) is 2.06. The number of nitrogens with zero attached hydrogens (tertiary/aromatic N) is 1. The van der Waals surface area contributed by atoms with Crippen LogP contribution in [-0.4, -0.2) is 35.8 Å². The molecule has 0 bridgehead atoms. The number of hydrogen-bond acceptors (Lipinski definition) is 3. The number of benzene rings is 1. The number of rotatable bonds is 6.